The van der Waals surface area contributed by atoms with Crippen LogP contribution in [0.25, 0.3) is 10.4 Å². The highest BCUT2D eigenvalue weighted by Crippen LogP contribution is 2.32. The molecule has 0 unspecified atom stereocenters. The maximum atomic E-state index is 12.2. The molecule has 130 valence electrons. The van der Waals surface area contributed by atoms with Gasteiger partial charge in [-0.25, -0.2) is 8.42 Å². The standard InChI is InChI=1S/C16H15N3O4S2/c1-10-15(11(2)23-18-10)13-8-9-14(24-13)16(20)17-19-25(21,22)12-6-4-3-5-7-12/h3-9,19H,1-2H3,(H,17,20). The highest BCUT2D eigenvalue weighted by Gasteiger charge is 2.18. The van der Waals surface area contributed by atoms with Gasteiger partial charge in [-0.1, -0.05) is 23.4 Å². The van der Waals surface area contributed by atoms with Crippen LogP contribution in [0.15, 0.2) is 51.9 Å². The Labute approximate surface area is 148 Å². The number of hydrazine groups is 1. The molecule has 0 saturated carbocycles. The SMILES string of the molecule is Cc1noc(C)c1-c1ccc(C(=O)NNS(=O)(=O)c2ccccc2)s1. The summed E-state index contributed by atoms with van der Waals surface area (Å²) in [5.74, 6) is 0.124. The molecule has 9 heteroatoms. The summed E-state index contributed by atoms with van der Waals surface area (Å²) in [5.41, 5.74) is 3.79. The van der Waals surface area contributed by atoms with Crippen LogP contribution < -0.4 is 10.3 Å². The summed E-state index contributed by atoms with van der Waals surface area (Å²) in [6.07, 6.45) is 0. The molecule has 0 aliphatic carbocycles. The quantitative estimate of drug-likeness (QED) is 0.666. The number of amides is 1. The minimum atomic E-state index is -3.82. The first kappa shape index (κ1) is 17.3. The van der Waals surface area contributed by atoms with E-state index in [0.29, 0.717) is 10.6 Å². The Morgan fingerprint density at radius 1 is 1.12 bits per heavy atom. The van der Waals surface area contributed by atoms with Crippen molar-refractivity contribution < 1.29 is 17.7 Å². The van der Waals surface area contributed by atoms with Gasteiger partial charge in [0.2, 0.25) is 0 Å². The van der Waals surface area contributed by atoms with Crippen molar-refractivity contribution in [2.24, 2.45) is 0 Å². The molecule has 1 amide bonds. The minimum Gasteiger partial charge on any atom is -0.361 e. The second-order valence-electron chi connectivity index (χ2n) is 5.24. The molecule has 25 heavy (non-hydrogen) atoms. The third kappa shape index (κ3) is 3.63. The molecule has 0 spiro atoms. The van der Waals surface area contributed by atoms with E-state index in [4.69, 9.17) is 4.52 Å². The van der Waals surface area contributed by atoms with Crippen molar-refractivity contribution in [1.29, 1.82) is 0 Å². The maximum absolute atomic E-state index is 12.2. The van der Waals surface area contributed by atoms with Gasteiger partial charge in [0.1, 0.15) is 5.76 Å². The Hall–Kier alpha value is -2.49. The number of hydrogen-bond donors (Lipinski definition) is 2. The van der Waals surface area contributed by atoms with Crippen molar-refractivity contribution in [2.75, 3.05) is 0 Å². The van der Waals surface area contributed by atoms with Gasteiger partial charge in [0.15, 0.2) is 0 Å². The lowest BCUT2D eigenvalue weighted by atomic mass is 10.2. The van der Waals surface area contributed by atoms with Crippen molar-refractivity contribution in [3.8, 4) is 10.4 Å². The van der Waals surface area contributed by atoms with E-state index in [1.54, 1.807) is 37.3 Å². The number of benzene rings is 1. The highest BCUT2D eigenvalue weighted by atomic mass is 32.2. The van der Waals surface area contributed by atoms with E-state index in [9.17, 15) is 13.2 Å². The first-order chi connectivity index (χ1) is 11.9. The monoisotopic (exact) mass is 377 g/mol. The molecule has 0 atom stereocenters. The van der Waals surface area contributed by atoms with Crippen LogP contribution in [-0.4, -0.2) is 19.5 Å². The average Bonchev–Trinajstić information content (AvgIpc) is 3.20. The Bertz CT molecular complexity index is 988. The van der Waals surface area contributed by atoms with Crippen LogP contribution in [0.5, 0.6) is 0 Å². The summed E-state index contributed by atoms with van der Waals surface area (Å²) in [6, 6.07) is 11.2. The van der Waals surface area contributed by atoms with Crippen LogP contribution in [0.2, 0.25) is 0 Å². The van der Waals surface area contributed by atoms with E-state index >= 15 is 0 Å². The molecular weight excluding hydrogens is 362 g/mol. The number of hydrogen-bond acceptors (Lipinski definition) is 6. The molecule has 7 nitrogen and oxygen atoms in total. The first-order valence-electron chi connectivity index (χ1n) is 7.29. The van der Waals surface area contributed by atoms with Gasteiger partial charge >= 0.3 is 0 Å². The first-order valence-corrected chi connectivity index (χ1v) is 9.59. The fourth-order valence-corrected chi connectivity index (χ4v) is 4.17. The maximum Gasteiger partial charge on any atom is 0.276 e. The van der Waals surface area contributed by atoms with Crippen molar-refractivity contribution >= 4 is 27.3 Å². The number of carbonyl (C=O) groups excluding carboxylic acids is 1. The Morgan fingerprint density at radius 3 is 2.48 bits per heavy atom. The van der Waals surface area contributed by atoms with Crippen LogP contribution in [-0.2, 0) is 10.0 Å². The molecule has 0 radical (unpaired) electrons. The lowest BCUT2D eigenvalue weighted by Crippen LogP contribution is -2.41. The summed E-state index contributed by atoms with van der Waals surface area (Å²) in [4.78, 5) is 15.6. The highest BCUT2D eigenvalue weighted by molar-refractivity contribution is 7.89. The summed E-state index contributed by atoms with van der Waals surface area (Å²) < 4.78 is 29.3. The van der Waals surface area contributed by atoms with E-state index in [-0.39, 0.29) is 4.90 Å². The number of sulfonamides is 1. The molecular formula is C16H15N3O4S2. The minimum absolute atomic E-state index is 0.0675. The number of nitrogens with zero attached hydrogens (tertiary/aromatic N) is 1. The number of nitrogens with one attached hydrogen (secondary N) is 2. The largest absolute Gasteiger partial charge is 0.361 e. The van der Waals surface area contributed by atoms with E-state index in [1.807, 2.05) is 6.92 Å². The lowest BCUT2D eigenvalue weighted by Gasteiger charge is -2.07. The smallest absolute Gasteiger partial charge is 0.276 e. The second-order valence-corrected chi connectivity index (χ2v) is 8.00. The summed E-state index contributed by atoms with van der Waals surface area (Å²) >= 11 is 1.23. The molecule has 0 aliphatic heterocycles. The third-order valence-corrected chi connectivity index (χ3v) is 5.83. The van der Waals surface area contributed by atoms with Crippen molar-refractivity contribution in [1.82, 2.24) is 15.4 Å². The van der Waals surface area contributed by atoms with E-state index in [1.165, 1.54) is 23.5 Å². The molecule has 0 saturated heterocycles. The third-order valence-electron chi connectivity index (χ3n) is 3.46. The van der Waals surface area contributed by atoms with Crippen LogP contribution in [0.1, 0.15) is 21.1 Å². The lowest BCUT2D eigenvalue weighted by molar-refractivity contribution is 0.0949. The van der Waals surface area contributed by atoms with Gasteiger partial charge in [-0.2, -0.15) is 0 Å². The molecule has 2 N–H and O–H groups in total. The van der Waals surface area contributed by atoms with Gasteiger partial charge in [-0.15, -0.1) is 16.2 Å². The van der Waals surface area contributed by atoms with E-state index in [0.717, 1.165) is 16.1 Å². The number of aryl methyl sites for hydroxylation is 2. The van der Waals surface area contributed by atoms with Crippen LogP contribution in [0.3, 0.4) is 0 Å². The topological polar surface area (TPSA) is 101 Å². The van der Waals surface area contributed by atoms with Gasteiger partial charge in [-0.3, -0.25) is 10.2 Å². The van der Waals surface area contributed by atoms with E-state index < -0.39 is 15.9 Å². The molecule has 2 aromatic heterocycles. The predicted molar refractivity (Wildman–Crippen MR) is 93.5 cm³/mol. The van der Waals surface area contributed by atoms with Gasteiger partial charge < -0.3 is 4.52 Å². The fraction of sp³-hybridized carbons (Fsp3) is 0.125. The molecule has 0 bridgehead atoms. The van der Waals surface area contributed by atoms with Crippen LogP contribution in [0, 0.1) is 13.8 Å². The number of aromatic nitrogens is 1. The van der Waals surface area contributed by atoms with Crippen molar-refractivity contribution in [3.63, 3.8) is 0 Å². The van der Waals surface area contributed by atoms with Gasteiger partial charge in [-0.05, 0) is 38.1 Å². The zero-order valence-corrected chi connectivity index (χ0v) is 15.1. The molecule has 3 rings (SSSR count). The van der Waals surface area contributed by atoms with Gasteiger partial charge in [0.05, 0.1) is 21.0 Å². The van der Waals surface area contributed by atoms with E-state index in [2.05, 4.69) is 15.4 Å². The fourth-order valence-electron chi connectivity index (χ4n) is 2.26. The molecule has 2 heterocycles. The van der Waals surface area contributed by atoms with Crippen LogP contribution in [0.4, 0.5) is 0 Å². The van der Waals surface area contributed by atoms with Crippen molar-refractivity contribution in [3.05, 3.63) is 58.8 Å². The number of rotatable bonds is 5. The van der Waals surface area contributed by atoms with Crippen LogP contribution >= 0.6 is 11.3 Å². The summed E-state index contributed by atoms with van der Waals surface area (Å²) in [5, 5.41) is 3.89. The number of carbonyl (C=O) groups is 1. The molecule has 0 fully saturated rings. The van der Waals surface area contributed by atoms with Crippen molar-refractivity contribution in [2.45, 2.75) is 18.7 Å². The Morgan fingerprint density at radius 2 is 1.84 bits per heavy atom. The van der Waals surface area contributed by atoms with Gasteiger partial charge in [0.25, 0.3) is 15.9 Å². The summed E-state index contributed by atoms with van der Waals surface area (Å²) in [6.45, 7) is 3.61. The zero-order chi connectivity index (χ0) is 18.0. The van der Waals surface area contributed by atoms with Gasteiger partial charge in [0, 0.05) is 4.88 Å². The Kier molecular flexibility index (Phi) is 4.71. The Balaban J connectivity index is 1.73. The molecule has 1 aromatic carbocycles. The zero-order valence-electron chi connectivity index (χ0n) is 13.4. The predicted octanol–water partition coefficient (Wildman–Crippen LogP) is 2.64. The summed E-state index contributed by atoms with van der Waals surface area (Å²) in [7, 11) is -3.82. The normalized spacial score (nSPS) is 11.4. The average molecular weight is 377 g/mol. The molecule has 3 aromatic rings. The second kappa shape index (κ2) is 6.79. The number of thiophene rings is 1. The molecule has 0 aliphatic rings.